The van der Waals surface area contributed by atoms with Gasteiger partial charge in [-0.25, -0.2) is 14.6 Å². The van der Waals surface area contributed by atoms with Gasteiger partial charge in [0.1, 0.15) is 0 Å². The highest BCUT2D eigenvalue weighted by Gasteiger charge is 2.23. The molecule has 118 valence electrons. The third kappa shape index (κ3) is 2.26. The predicted molar refractivity (Wildman–Crippen MR) is 86.7 cm³/mol. The van der Waals surface area contributed by atoms with E-state index in [0.29, 0.717) is 13.2 Å². The lowest BCUT2D eigenvalue weighted by Gasteiger charge is -2.09. The van der Waals surface area contributed by atoms with Crippen molar-refractivity contribution in [2.45, 2.75) is 26.8 Å². The van der Waals surface area contributed by atoms with E-state index < -0.39 is 0 Å². The minimum Gasteiger partial charge on any atom is -0.384 e. The Hall–Kier alpha value is -2.47. The van der Waals surface area contributed by atoms with Crippen molar-refractivity contribution in [1.82, 2.24) is 24.3 Å². The normalized spacial score (nSPS) is 12.5. The molecule has 0 fully saturated rings. The van der Waals surface area contributed by atoms with E-state index in [1.165, 1.54) is 5.56 Å². The van der Waals surface area contributed by atoms with Gasteiger partial charge in [-0.15, -0.1) is 0 Å². The average molecular weight is 309 g/mol. The lowest BCUT2D eigenvalue weighted by Crippen LogP contribution is -2.06. The number of methoxy groups -OCH3 is 1. The van der Waals surface area contributed by atoms with Gasteiger partial charge >= 0.3 is 0 Å². The molecule has 0 amide bonds. The molecule has 0 saturated carbocycles. The summed E-state index contributed by atoms with van der Waals surface area (Å²) in [5.74, 6) is 1.73. The molecule has 3 aromatic rings. The molecule has 4 rings (SSSR count). The van der Waals surface area contributed by atoms with Gasteiger partial charge in [-0.2, -0.15) is 5.10 Å². The van der Waals surface area contributed by atoms with Gasteiger partial charge in [-0.05, 0) is 26.0 Å². The van der Waals surface area contributed by atoms with E-state index in [0.717, 1.165) is 40.7 Å². The van der Waals surface area contributed by atoms with Gasteiger partial charge in [0.2, 0.25) is 0 Å². The molecule has 6 heteroatoms. The average Bonchev–Trinajstić information content (AvgIpc) is 3.07. The first-order chi connectivity index (χ1) is 11.2. The van der Waals surface area contributed by atoms with Crippen LogP contribution in [0.5, 0.6) is 0 Å². The van der Waals surface area contributed by atoms with Crippen LogP contribution in [0, 0.1) is 13.8 Å². The Morgan fingerprint density at radius 1 is 1.26 bits per heavy atom. The molecular formula is C17H19N5O. The Morgan fingerprint density at radius 3 is 2.96 bits per heavy atom. The van der Waals surface area contributed by atoms with E-state index in [1.54, 1.807) is 7.11 Å². The molecule has 0 N–H and O–H groups in total. The zero-order chi connectivity index (χ0) is 16.0. The number of ether oxygens (including phenoxy) is 1. The molecule has 23 heavy (non-hydrogen) atoms. The largest absolute Gasteiger partial charge is 0.384 e. The Balaban J connectivity index is 1.93. The van der Waals surface area contributed by atoms with Crippen LogP contribution in [0.2, 0.25) is 0 Å². The topological polar surface area (TPSA) is 57.8 Å². The SMILES string of the molecule is COCCc1nc2n(n1)Cc1c(C)ncn1-c1ccc(C)cc1-2. The maximum atomic E-state index is 5.15. The van der Waals surface area contributed by atoms with Gasteiger partial charge in [-0.3, -0.25) is 0 Å². The molecule has 6 nitrogen and oxygen atoms in total. The summed E-state index contributed by atoms with van der Waals surface area (Å²) in [4.78, 5) is 9.23. The summed E-state index contributed by atoms with van der Waals surface area (Å²) < 4.78 is 9.28. The van der Waals surface area contributed by atoms with E-state index in [1.807, 2.05) is 17.9 Å². The summed E-state index contributed by atoms with van der Waals surface area (Å²) in [6.07, 6.45) is 2.60. The number of hydrogen-bond acceptors (Lipinski definition) is 4. The maximum Gasteiger partial charge on any atom is 0.160 e. The fraction of sp³-hybridized carbons (Fsp3) is 0.353. The van der Waals surface area contributed by atoms with E-state index in [4.69, 9.17) is 9.72 Å². The van der Waals surface area contributed by atoms with Crippen molar-refractivity contribution < 1.29 is 4.74 Å². The van der Waals surface area contributed by atoms with E-state index in [9.17, 15) is 0 Å². The molecule has 1 aliphatic rings. The van der Waals surface area contributed by atoms with Crippen LogP contribution in [0.3, 0.4) is 0 Å². The first-order valence-electron chi connectivity index (χ1n) is 7.74. The van der Waals surface area contributed by atoms with Gasteiger partial charge < -0.3 is 9.30 Å². The second-order valence-electron chi connectivity index (χ2n) is 5.92. The highest BCUT2D eigenvalue weighted by molar-refractivity contribution is 5.70. The van der Waals surface area contributed by atoms with Crippen molar-refractivity contribution in [3.8, 4) is 17.1 Å². The zero-order valence-corrected chi connectivity index (χ0v) is 13.6. The number of aromatic nitrogens is 5. The zero-order valence-electron chi connectivity index (χ0n) is 13.6. The Labute approximate surface area is 134 Å². The van der Waals surface area contributed by atoms with Crippen molar-refractivity contribution in [3.63, 3.8) is 0 Å². The van der Waals surface area contributed by atoms with Crippen LogP contribution >= 0.6 is 0 Å². The van der Waals surface area contributed by atoms with Crippen LogP contribution in [-0.4, -0.2) is 38.0 Å². The second kappa shape index (κ2) is 5.31. The van der Waals surface area contributed by atoms with Crippen molar-refractivity contribution in [2.75, 3.05) is 13.7 Å². The monoisotopic (exact) mass is 309 g/mol. The van der Waals surface area contributed by atoms with Crippen molar-refractivity contribution in [1.29, 1.82) is 0 Å². The number of nitrogens with zero attached hydrogens (tertiary/aromatic N) is 5. The highest BCUT2D eigenvalue weighted by Crippen LogP contribution is 2.32. The molecule has 1 aromatic carbocycles. The summed E-state index contributed by atoms with van der Waals surface area (Å²) >= 11 is 0. The molecule has 1 aliphatic heterocycles. The summed E-state index contributed by atoms with van der Waals surface area (Å²) in [6.45, 7) is 5.43. The quantitative estimate of drug-likeness (QED) is 0.583. The second-order valence-corrected chi connectivity index (χ2v) is 5.92. The van der Waals surface area contributed by atoms with Gasteiger partial charge in [0, 0.05) is 19.1 Å². The lowest BCUT2D eigenvalue weighted by molar-refractivity contribution is 0.200. The molecule has 0 aliphatic carbocycles. The molecule has 0 spiro atoms. The third-order valence-electron chi connectivity index (χ3n) is 4.27. The van der Waals surface area contributed by atoms with Crippen molar-refractivity contribution in [3.05, 3.63) is 47.3 Å². The fourth-order valence-corrected chi connectivity index (χ4v) is 3.04. The van der Waals surface area contributed by atoms with Gasteiger partial charge in [0.25, 0.3) is 0 Å². The van der Waals surface area contributed by atoms with E-state index in [2.05, 4.69) is 39.8 Å². The van der Waals surface area contributed by atoms with Crippen molar-refractivity contribution >= 4 is 0 Å². The van der Waals surface area contributed by atoms with Crippen LogP contribution in [0.4, 0.5) is 0 Å². The fourth-order valence-electron chi connectivity index (χ4n) is 3.04. The molecule has 0 radical (unpaired) electrons. The first-order valence-corrected chi connectivity index (χ1v) is 7.74. The van der Waals surface area contributed by atoms with Crippen LogP contribution in [0.25, 0.3) is 17.1 Å². The molecule has 3 heterocycles. The molecule has 0 saturated heterocycles. The molecule has 2 aromatic heterocycles. The standard InChI is InChI=1S/C17H19N5O/c1-11-4-5-14-13(8-11)17-19-16(6-7-23-3)20-22(17)9-15-12(2)18-10-21(14)15/h4-5,8,10H,6-7,9H2,1-3H3. The first kappa shape index (κ1) is 14.1. The van der Waals surface area contributed by atoms with Crippen LogP contribution < -0.4 is 0 Å². The summed E-state index contributed by atoms with van der Waals surface area (Å²) in [6, 6.07) is 6.42. The summed E-state index contributed by atoms with van der Waals surface area (Å²) in [5, 5.41) is 4.68. The number of hydrogen-bond donors (Lipinski definition) is 0. The predicted octanol–water partition coefficient (Wildman–Crippen LogP) is 2.30. The van der Waals surface area contributed by atoms with Crippen LogP contribution in [0.1, 0.15) is 22.8 Å². The summed E-state index contributed by atoms with van der Waals surface area (Å²) in [5.41, 5.74) is 5.58. The van der Waals surface area contributed by atoms with Crippen LogP contribution in [0.15, 0.2) is 24.5 Å². The lowest BCUT2D eigenvalue weighted by atomic mass is 10.1. The Kier molecular flexibility index (Phi) is 3.27. The smallest absolute Gasteiger partial charge is 0.160 e. The maximum absolute atomic E-state index is 5.15. The molecule has 0 atom stereocenters. The van der Waals surface area contributed by atoms with E-state index in [-0.39, 0.29) is 0 Å². The van der Waals surface area contributed by atoms with Gasteiger partial charge in [0.15, 0.2) is 11.6 Å². The molecule has 0 unspecified atom stereocenters. The van der Waals surface area contributed by atoms with E-state index >= 15 is 0 Å². The molecular weight excluding hydrogens is 290 g/mol. The number of fused-ring (bicyclic) bond motifs is 5. The van der Waals surface area contributed by atoms with Crippen LogP contribution in [-0.2, 0) is 17.7 Å². The number of imidazole rings is 1. The Morgan fingerprint density at radius 2 is 2.13 bits per heavy atom. The Bertz CT molecular complexity index is 877. The minimum atomic E-state index is 0.626. The summed E-state index contributed by atoms with van der Waals surface area (Å²) in [7, 11) is 1.70. The highest BCUT2D eigenvalue weighted by atomic mass is 16.5. The van der Waals surface area contributed by atoms with Gasteiger partial charge in [0.05, 0.1) is 36.6 Å². The van der Waals surface area contributed by atoms with Gasteiger partial charge in [-0.1, -0.05) is 11.6 Å². The number of rotatable bonds is 3. The third-order valence-corrected chi connectivity index (χ3v) is 4.27. The van der Waals surface area contributed by atoms with Crippen molar-refractivity contribution in [2.24, 2.45) is 0 Å². The number of benzene rings is 1. The number of aryl methyl sites for hydroxylation is 2. The minimum absolute atomic E-state index is 0.626. The molecule has 0 bridgehead atoms.